The number of hydrogen-bond acceptors (Lipinski definition) is 5. The number of esters is 1. The summed E-state index contributed by atoms with van der Waals surface area (Å²) in [6.45, 7) is 4.98. The molecule has 85 heavy (non-hydrogen) atoms. The Morgan fingerprint density at radius 1 is 0.318 bits per heavy atom. The predicted molar refractivity (Wildman–Crippen MR) is 375 cm³/mol. The number of hydrogen-bond donors (Lipinski definition) is 3. The van der Waals surface area contributed by atoms with Gasteiger partial charge in [-0.15, -0.1) is 0 Å². The number of carbonyl (C=O) groups excluding carboxylic acids is 2. The van der Waals surface area contributed by atoms with E-state index in [1.54, 1.807) is 0 Å². The van der Waals surface area contributed by atoms with Gasteiger partial charge in [0.15, 0.2) is 0 Å². The fourth-order valence-corrected chi connectivity index (χ4v) is 12.5. The Bertz CT molecular complexity index is 1330. The normalized spacial score (nSPS) is 12.6. The molecule has 2 atom stereocenters. The average Bonchev–Trinajstić information content (AvgIpc) is 3.51. The molecule has 0 fully saturated rings. The molecule has 0 saturated carbocycles. The maximum atomic E-state index is 12.5. The molecule has 3 N–H and O–H groups in total. The van der Waals surface area contributed by atoms with Crippen molar-refractivity contribution < 1.29 is 24.5 Å². The molecule has 0 rings (SSSR count). The summed E-state index contributed by atoms with van der Waals surface area (Å²) in [5.74, 6) is -0.0129. The number of ether oxygens (including phenoxy) is 1. The van der Waals surface area contributed by atoms with Crippen molar-refractivity contribution in [3.63, 3.8) is 0 Å². The van der Waals surface area contributed by atoms with Crippen LogP contribution in [0.25, 0.3) is 0 Å². The first kappa shape index (κ1) is 83.3. The van der Waals surface area contributed by atoms with E-state index in [1.807, 2.05) is 0 Å². The summed E-state index contributed by atoms with van der Waals surface area (Å²) in [7, 11) is 0. The van der Waals surface area contributed by atoms with Crippen molar-refractivity contribution in [2.75, 3.05) is 13.2 Å². The van der Waals surface area contributed by atoms with Crippen LogP contribution < -0.4 is 5.32 Å². The summed E-state index contributed by atoms with van der Waals surface area (Å²) < 4.78 is 5.49. The van der Waals surface area contributed by atoms with Gasteiger partial charge in [0, 0.05) is 12.8 Å². The monoisotopic (exact) mass is 1200 g/mol. The van der Waals surface area contributed by atoms with Crippen LogP contribution in [0.4, 0.5) is 0 Å². The van der Waals surface area contributed by atoms with E-state index in [0.29, 0.717) is 25.9 Å². The van der Waals surface area contributed by atoms with Gasteiger partial charge >= 0.3 is 5.97 Å². The summed E-state index contributed by atoms with van der Waals surface area (Å²) in [5, 5.41) is 23.4. The van der Waals surface area contributed by atoms with Crippen molar-refractivity contribution in [2.45, 2.75) is 456 Å². The van der Waals surface area contributed by atoms with Gasteiger partial charge in [-0.3, -0.25) is 9.59 Å². The molecule has 504 valence electrons. The predicted octanol–water partition coefficient (Wildman–Crippen LogP) is 25.7. The highest BCUT2D eigenvalue weighted by molar-refractivity contribution is 5.76. The van der Waals surface area contributed by atoms with Crippen molar-refractivity contribution in [3.8, 4) is 0 Å². The number of aliphatic hydroxyl groups is 2. The highest BCUT2D eigenvalue weighted by atomic mass is 16.5. The Balaban J connectivity index is 3.31. The van der Waals surface area contributed by atoms with Crippen LogP contribution in [0, 0.1) is 0 Å². The van der Waals surface area contributed by atoms with E-state index in [9.17, 15) is 19.8 Å². The zero-order valence-corrected chi connectivity index (χ0v) is 57.9. The smallest absolute Gasteiger partial charge is 0.305 e. The van der Waals surface area contributed by atoms with Gasteiger partial charge in [-0.25, -0.2) is 0 Å². The zero-order chi connectivity index (χ0) is 61.3. The SMILES string of the molecule is CCCCCC/C=C\CCCCCCCC(=O)OCCCCCCCCCCCCCCCCCCCC/C=C\CCCCCCCCCCCCCCCCCCCC(=O)NC(CO)C(O)CCCCCCCCCCCCCCCCCC. The molecule has 0 heterocycles. The summed E-state index contributed by atoms with van der Waals surface area (Å²) in [6, 6.07) is -0.538. The average molecular weight is 1200 g/mol. The van der Waals surface area contributed by atoms with Crippen molar-refractivity contribution in [3.05, 3.63) is 24.3 Å². The second kappa shape index (κ2) is 74.8. The fourth-order valence-electron chi connectivity index (χ4n) is 12.5. The van der Waals surface area contributed by atoms with Gasteiger partial charge in [0.25, 0.3) is 0 Å². The Morgan fingerprint density at radius 2 is 0.553 bits per heavy atom. The molecule has 0 aromatic rings. The summed E-state index contributed by atoms with van der Waals surface area (Å²) in [4.78, 5) is 24.6. The molecule has 0 bridgehead atoms. The lowest BCUT2D eigenvalue weighted by Gasteiger charge is -2.22. The Hall–Kier alpha value is -1.66. The highest BCUT2D eigenvalue weighted by Gasteiger charge is 2.20. The third-order valence-corrected chi connectivity index (χ3v) is 18.5. The Labute approximate surface area is 532 Å². The molecule has 0 spiro atoms. The number of unbranched alkanes of at least 4 members (excludes halogenated alkanes) is 59. The van der Waals surface area contributed by atoms with E-state index < -0.39 is 12.1 Å². The first-order valence-electron chi connectivity index (χ1n) is 39.1. The van der Waals surface area contributed by atoms with Crippen molar-refractivity contribution in [1.82, 2.24) is 5.32 Å². The van der Waals surface area contributed by atoms with Gasteiger partial charge in [0.1, 0.15) is 0 Å². The lowest BCUT2D eigenvalue weighted by atomic mass is 10.0. The summed E-state index contributed by atoms with van der Waals surface area (Å²) in [6.07, 6.45) is 95.6. The molecule has 6 nitrogen and oxygen atoms in total. The van der Waals surface area contributed by atoms with Crippen molar-refractivity contribution >= 4 is 11.9 Å². The van der Waals surface area contributed by atoms with Crippen LogP contribution in [0.1, 0.15) is 444 Å². The maximum Gasteiger partial charge on any atom is 0.305 e. The van der Waals surface area contributed by atoms with Crippen LogP contribution in [-0.4, -0.2) is 47.4 Å². The largest absolute Gasteiger partial charge is 0.466 e. The number of allylic oxidation sites excluding steroid dienone is 4. The minimum absolute atomic E-state index is 0.0139. The van der Waals surface area contributed by atoms with Crippen LogP contribution in [0.15, 0.2) is 24.3 Å². The Morgan fingerprint density at radius 3 is 0.847 bits per heavy atom. The van der Waals surface area contributed by atoms with Gasteiger partial charge in [-0.05, 0) is 77.0 Å². The summed E-state index contributed by atoms with van der Waals surface area (Å²) >= 11 is 0. The fraction of sp³-hybridized carbons (Fsp3) is 0.924. The lowest BCUT2D eigenvalue weighted by molar-refractivity contribution is -0.143. The van der Waals surface area contributed by atoms with Gasteiger partial charge < -0.3 is 20.3 Å². The number of amides is 1. The molecular formula is C79H153NO5. The topological polar surface area (TPSA) is 95.9 Å². The van der Waals surface area contributed by atoms with Crippen molar-refractivity contribution in [2.24, 2.45) is 0 Å². The van der Waals surface area contributed by atoms with Crippen LogP contribution in [-0.2, 0) is 14.3 Å². The van der Waals surface area contributed by atoms with E-state index in [0.717, 1.165) is 44.9 Å². The third kappa shape index (κ3) is 71.3. The van der Waals surface area contributed by atoms with Gasteiger partial charge in [0.2, 0.25) is 5.91 Å². The molecule has 0 aliphatic rings. The molecule has 0 aromatic carbocycles. The first-order valence-corrected chi connectivity index (χ1v) is 39.1. The summed E-state index contributed by atoms with van der Waals surface area (Å²) in [5.41, 5.74) is 0. The molecule has 0 aromatic heterocycles. The Kier molecular flexibility index (Phi) is 73.3. The zero-order valence-electron chi connectivity index (χ0n) is 57.9. The number of aliphatic hydroxyl groups excluding tert-OH is 2. The van der Waals surface area contributed by atoms with Gasteiger partial charge in [0.05, 0.1) is 25.4 Å². The quantitative estimate of drug-likeness (QED) is 0.0320. The van der Waals surface area contributed by atoms with Gasteiger partial charge in [-0.2, -0.15) is 0 Å². The highest BCUT2D eigenvalue weighted by Crippen LogP contribution is 2.20. The number of carbonyl (C=O) groups is 2. The molecule has 6 heteroatoms. The van der Waals surface area contributed by atoms with Gasteiger partial charge in [-0.1, -0.05) is 378 Å². The van der Waals surface area contributed by atoms with E-state index in [2.05, 4.69) is 43.5 Å². The van der Waals surface area contributed by atoms with Crippen LogP contribution in [0.2, 0.25) is 0 Å². The van der Waals surface area contributed by atoms with E-state index in [4.69, 9.17) is 4.74 Å². The van der Waals surface area contributed by atoms with Crippen molar-refractivity contribution in [1.29, 1.82) is 0 Å². The minimum atomic E-state index is -0.661. The molecule has 0 aliphatic heterocycles. The van der Waals surface area contributed by atoms with E-state index >= 15 is 0 Å². The standard InChI is InChI=1S/C79H153NO5/c1-3-5-7-9-11-13-15-17-18-44-48-51-55-59-63-67-71-77(82)76(75-81)80-78(83)72-68-64-60-56-52-49-45-42-40-38-36-34-32-30-28-26-24-22-20-19-21-23-25-27-29-31-33-35-37-39-41-43-46-50-54-58-62-66-70-74-85-79(84)73-69-65-61-57-53-47-16-14-12-10-8-6-4-2/h14,16,19-20,76-77,81-82H,3-13,15,17-18,21-75H2,1-2H3,(H,80,83)/b16-14-,20-19-. The lowest BCUT2D eigenvalue weighted by Crippen LogP contribution is -2.45. The second-order valence-corrected chi connectivity index (χ2v) is 27.0. The van der Waals surface area contributed by atoms with Crippen LogP contribution >= 0.6 is 0 Å². The molecule has 1 amide bonds. The molecule has 2 unspecified atom stereocenters. The molecule has 0 saturated heterocycles. The number of nitrogens with one attached hydrogen (secondary N) is 1. The number of rotatable bonds is 74. The molecular weight excluding hydrogens is 1040 g/mol. The van der Waals surface area contributed by atoms with E-state index in [1.165, 1.54) is 366 Å². The molecule has 0 aliphatic carbocycles. The second-order valence-electron chi connectivity index (χ2n) is 27.0. The van der Waals surface area contributed by atoms with E-state index in [-0.39, 0.29) is 18.5 Å². The van der Waals surface area contributed by atoms with Crippen LogP contribution in [0.5, 0.6) is 0 Å². The third-order valence-electron chi connectivity index (χ3n) is 18.5. The van der Waals surface area contributed by atoms with Crippen LogP contribution in [0.3, 0.4) is 0 Å². The minimum Gasteiger partial charge on any atom is -0.466 e. The molecule has 0 radical (unpaired) electrons. The maximum absolute atomic E-state index is 12.5. The first-order chi connectivity index (χ1) is 42.0.